The van der Waals surface area contributed by atoms with Crippen LogP contribution in [-0.4, -0.2) is 48.4 Å². The molecule has 7 nitrogen and oxygen atoms in total. The number of benzene rings is 2. The third kappa shape index (κ3) is 6.62. The van der Waals surface area contributed by atoms with Crippen molar-refractivity contribution in [2.45, 2.75) is 32.5 Å². The number of hydrogen-bond acceptors (Lipinski definition) is 5. The van der Waals surface area contributed by atoms with E-state index in [-0.39, 0.29) is 12.2 Å². The highest BCUT2D eigenvalue weighted by Gasteiger charge is 2.28. The number of nitrogens with zero attached hydrogens (tertiary/aromatic N) is 2. The lowest BCUT2D eigenvalue weighted by atomic mass is 10.1. The van der Waals surface area contributed by atoms with Crippen LogP contribution >= 0.6 is 0 Å². The summed E-state index contributed by atoms with van der Waals surface area (Å²) in [7, 11) is 0. The summed E-state index contributed by atoms with van der Waals surface area (Å²) < 4.78 is 24.2. The van der Waals surface area contributed by atoms with Gasteiger partial charge in [0, 0.05) is 12.1 Å². The van der Waals surface area contributed by atoms with E-state index in [0.717, 1.165) is 11.1 Å². The van der Waals surface area contributed by atoms with Crippen molar-refractivity contribution in [2.24, 2.45) is 5.10 Å². The zero-order valence-electron chi connectivity index (χ0n) is 17.8. The fourth-order valence-corrected chi connectivity index (χ4v) is 2.97. The Balaban J connectivity index is 1.55. The summed E-state index contributed by atoms with van der Waals surface area (Å²) in [5.74, 6) is -0.831. The lowest BCUT2D eigenvalue weighted by Gasteiger charge is -2.34. The van der Waals surface area contributed by atoms with E-state index < -0.39 is 17.3 Å². The number of morpholine rings is 1. The molecule has 0 radical (unpaired) electrons. The van der Waals surface area contributed by atoms with E-state index in [2.05, 4.69) is 10.5 Å². The predicted octanol–water partition coefficient (Wildman–Crippen LogP) is 3.90. The molecule has 1 fully saturated rings. The first-order valence-corrected chi connectivity index (χ1v) is 10.00. The van der Waals surface area contributed by atoms with Crippen molar-refractivity contribution in [3.05, 3.63) is 71.0 Å². The summed E-state index contributed by atoms with van der Waals surface area (Å²) in [6.45, 7) is 6.85. The van der Waals surface area contributed by atoms with Gasteiger partial charge in [-0.3, -0.25) is 4.79 Å². The van der Waals surface area contributed by atoms with Gasteiger partial charge in [0.2, 0.25) is 0 Å². The van der Waals surface area contributed by atoms with Gasteiger partial charge >= 0.3 is 6.09 Å². The zero-order chi connectivity index (χ0) is 22.4. The van der Waals surface area contributed by atoms with Crippen LogP contribution in [0.5, 0.6) is 0 Å². The number of amides is 2. The Hall–Kier alpha value is -3.26. The summed E-state index contributed by atoms with van der Waals surface area (Å²) in [6, 6.07) is 12.7. The third-order valence-corrected chi connectivity index (χ3v) is 4.51. The standard InChI is InChI=1S/C23H26FN3O4/c1-23(2,3)31-22(29)27-12-13-30-20(15-27)17-6-4-16(5-7-17)14-25-26-21(28)18-8-10-19(24)11-9-18/h4-11,14,20H,12-13,15H2,1-3H3,(H,26,28)/t20-/m1/s1. The SMILES string of the molecule is CC(C)(C)OC(=O)N1CCO[C@@H](c2ccc(C=NNC(=O)c3ccc(F)cc3)cc2)C1. The molecule has 2 amide bonds. The Morgan fingerprint density at radius 3 is 2.48 bits per heavy atom. The van der Waals surface area contributed by atoms with Gasteiger partial charge in [-0.25, -0.2) is 14.6 Å². The maximum absolute atomic E-state index is 12.9. The molecule has 2 aromatic rings. The molecular weight excluding hydrogens is 401 g/mol. The summed E-state index contributed by atoms with van der Waals surface area (Å²) in [5, 5.41) is 3.93. The Kier molecular flexibility index (Phi) is 7.02. The van der Waals surface area contributed by atoms with Crippen LogP contribution in [0.25, 0.3) is 0 Å². The number of halogens is 1. The van der Waals surface area contributed by atoms with Gasteiger partial charge in [-0.15, -0.1) is 0 Å². The average Bonchev–Trinajstić information content (AvgIpc) is 2.73. The Bertz CT molecular complexity index is 937. The first-order valence-electron chi connectivity index (χ1n) is 10.00. The topological polar surface area (TPSA) is 80.2 Å². The summed E-state index contributed by atoms with van der Waals surface area (Å²) in [4.78, 5) is 25.9. The van der Waals surface area contributed by atoms with E-state index in [4.69, 9.17) is 9.47 Å². The van der Waals surface area contributed by atoms with Gasteiger partial charge in [0.15, 0.2) is 0 Å². The smallest absolute Gasteiger partial charge is 0.410 e. The van der Waals surface area contributed by atoms with E-state index in [1.165, 1.54) is 30.5 Å². The van der Waals surface area contributed by atoms with E-state index in [9.17, 15) is 14.0 Å². The first-order chi connectivity index (χ1) is 14.7. The van der Waals surface area contributed by atoms with Crippen LogP contribution in [0.2, 0.25) is 0 Å². The van der Waals surface area contributed by atoms with E-state index in [0.29, 0.717) is 25.3 Å². The van der Waals surface area contributed by atoms with E-state index >= 15 is 0 Å². The monoisotopic (exact) mass is 427 g/mol. The van der Waals surface area contributed by atoms with Gasteiger partial charge in [-0.1, -0.05) is 24.3 Å². The summed E-state index contributed by atoms with van der Waals surface area (Å²) in [5.41, 5.74) is 3.89. The van der Waals surface area contributed by atoms with Crippen LogP contribution in [0.3, 0.4) is 0 Å². The van der Waals surface area contributed by atoms with E-state index in [1.807, 2.05) is 45.0 Å². The minimum absolute atomic E-state index is 0.245. The average molecular weight is 427 g/mol. The molecule has 1 aliphatic rings. The summed E-state index contributed by atoms with van der Waals surface area (Å²) in [6.07, 6.45) is 0.923. The van der Waals surface area contributed by atoms with Crippen molar-refractivity contribution in [3.8, 4) is 0 Å². The van der Waals surface area contributed by atoms with Crippen LogP contribution < -0.4 is 5.43 Å². The van der Waals surface area contributed by atoms with Crippen molar-refractivity contribution < 1.29 is 23.5 Å². The molecule has 0 spiro atoms. The van der Waals surface area contributed by atoms with Crippen LogP contribution in [-0.2, 0) is 9.47 Å². The van der Waals surface area contributed by atoms with Crippen LogP contribution in [0.1, 0.15) is 48.4 Å². The van der Waals surface area contributed by atoms with Crippen LogP contribution in [0.15, 0.2) is 53.6 Å². The number of hydrogen-bond donors (Lipinski definition) is 1. The number of ether oxygens (including phenoxy) is 2. The largest absolute Gasteiger partial charge is 0.444 e. The molecule has 1 N–H and O–H groups in total. The van der Waals surface area contributed by atoms with Crippen molar-refractivity contribution in [1.82, 2.24) is 10.3 Å². The molecule has 31 heavy (non-hydrogen) atoms. The van der Waals surface area contributed by atoms with Gasteiger partial charge < -0.3 is 14.4 Å². The minimum Gasteiger partial charge on any atom is -0.444 e. The molecule has 8 heteroatoms. The Morgan fingerprint density at radius 1 is 1.16 bits per heavy atom. The lowest BCUT2D eigenvalue weighted by Crippen LogP contribution is -2.44. The predicted molar refractivity (Wildman–Crippen MR) is 114 cm³/mol. The molecule has 1 heterocycles. The molecular formula is C23H26FN3O4. The molecule has 0 unspecified atom stereocenters. The van der Waals surface area contributed by atoms with Gasteiger partial charge in [-0.2, -0.15) is 5.10 Å². The summed E-state index contributed by atoms with van der Waals surface area (Å²) >= 11 is 0. The van der Waals surface area contributed by atoms with Crippen molar-refractivity contribution >= 4 is 18.2 Å². The maximum Gasteiger partial charge on any atom is 0.410 e. The van der Waals surface area contributed by atoms with Crippen molar-refractivity contribution in [3.63, 3.8) is 0 Å². The highest BCUT2D eigenvalue weighted by Crippen LogP contribution is 2.23. The van der Waals surface area contributed by atoms with Crippen molar-refractivity contribution in [2.75, 3.05) is 19.7 Å². The molecule has 1 aliphatic heterocycles. The number of rotatable bonds is 4. The van der Waals surface area contributed by atoms with Gasteiger partial charge in [0.25, 0.3) is 5.91 Å². The second-order valence-electron chi connectivity index (χ2n) is 8.16. The molecule has 0 saturated carbocycles. The lowest BCUT2D eigenvalue weighted by molar-refractivity contribution is -0.0432. The van der Waals surface area contributed by atoms with Crippen molar-refractivity contribution in [1.29, 1.82) is 0 Å². The van der Waals surface area contributed by atoms with Crippen LogP contribution in [0, 0.1) is 5.82 Å². The van der Waals surface area contributed by atoms with Gasteiger partial charge in [0.05, 0.1) is 19.4 Å². The number of carbonyl (C=O) groups is 2. The first kappa shape index (κ1) is 22.4. The molecule has 1 atom stereocenters. The normalized spacial score (nSPS) is 16.9. The molecule has 0 bridgehead atoms. The molecule has 164 valence electrons. The highest BCUT2D eigenvalue weighted by molar-refractivity contribution is 5.94. The molecule has 0 aliphatic carbocycles. The van der Waals surface area contributed by atoms with Crippen LogP contribution in [0.4, 0.5) is 9.18 Å². The quantitative estimate of drug-likeness (QED) is 0.593. The fourth-order valence-electron chi connectivity index (χ4n) is 2.97. The molecule has 3 rings (SSSR count). The molecule has 0 aromatic heterocycles. The number of carbonyl (C=O) groups excluding carboxylic acids is 2. The fraction of sp³-hybridized carbons (Fsp3) is 0.348. The molecule has 2 aromatic carbocycles. The number of hydrazone groups is 1. The third-order valence-electron chi connectivity index (χ3n) is 4.51. The maximum atomic E-state index is 12.9. The second kappa shape index (κ2) is 9.70. The number of nitrogens with one attached hydrogen (secondary N) is 1. The van der Waals surface area contributed by atoms with E-state index in [1.54, 1.807) is 4.90 Å². The minimum atomic E-state index is -0.544. The van der Waals surface area contributed by atoms with Gasteiger partial charge in [-0.05, 0) is 56.2 Å². The zero-order valence-corrected chi connectivity index (χ0v) is 17.8. The Labute approximate surface area is 180 Å². The van der Waals surface area contributed by atoms with Gasteiger partial charge in [0.1, 0.15) is 17.5 Å². The highest BCUT2D eigenvalue weighted by atomic mass is 19.1. The molecule has 1 saturated heterocycles. The Morgan fingerprint density at radius 2 is 1.84 bits per heavy atom. The second-order valence-corrected chi connectivity index (χ2v) is 8.16.